The molecule has 0 N–H and O–H groups in total. The molecule has 0 bridgehead atoms. The number of benzene rings is 1. The molecule has 1 aliphatic heterocycles. The molecule has 29 heavy (non-hydrogen) atoms. The minimum atomic E-state index is -0.0120. The van der Waals surface area contributed by atoms with Crippen LogP contribution in [0.15, 0.2) is 47.3 Å². The predicted molar refractivity (Wildman–Crippen MR) is 111 cm³/mol. The lowest BCUT2D eigenvalue weighted by Crippen LogP contribution is -2.40. The fraction of sp³-hybridized carbons (Fsp3) is 0.391. The monoisotopic (exact) mass is 388 g/mol. The Kier molecular flexibility index (Phi) is 4.62. The maximum Gasteiger partial charge on any atom is 0.272 e. The number of hydrogen-bond donors (Lipinski definition) is 0. The first-order valence-electron chi connectivity index (χ1n) is 10.4. The second kappa shape index (κ2) is 7.43. The highest BCUT2D eigenvalue weighted by atomic mass is 16.2. The van der Waals surface area contributed by atoms with E-state index in [1.165, 1.54) is 0 Å². The summed E-state index contributed by atoms with van der Waals surface area (Å²) < 4.78 is 1.64. The van der Waals surface area contributed by atoms with Crippen LogP contribution in [0.4, 0.5) is 0 Å². The quantitative estimate of drug-likeness (QED) is 0.692. The topological polar surface area (TPSA) is 68.1 Å². The van der Waals surface area contributed by atoms with Crippen LogP contribution in [0.5, 0.6) is 0 Å². The SMILES string of the molecule is O=C(c1ccc2ccccc2n1)N1CCC(Cn2nc3c(cc2=O)CCC3)CC1. The molecule has 0 saturated carbocycles. The fourth-order valence-corrected chi connectivity index (χ4v) is 4.48. The third-order valence-electron chi connectivity index (χ3n) is 6.17. The fourth-order valence-electron chi connectivity index (χ4n) is 4.48. The summed E-state index contributed by atoms with van der Waals surface area (Å²) in [6.45, 7) is 2.03. The molecule has 3 heterocycles. The van der Waals surface area contributed by atoms with Gasteiger partial charge >= 0.3 is 0 Å². The second-order valence-electron chi connectivity index (χ2n) is 8.11. The zero-order chi connectivity index (χ0) is 19.8. The Morgan fingerprint density at radius 3 is 2.76 bits per heavy atom. The van der Waals surface area contributed by atoms with E-state index in [-0.39, 0.29) is 11.5 Å². The van der Waals surface area contributed by atoms with Gasteiger partial charge < -0.3 is 4.90 Å². The van der Waals surface area contributed by atoms with Gasteiger partial charge in [0.1, 0.15) is 5.69 Å². The molecule has 5 rings (SSSR count). The number of carbonyl (C=O) groups is 1. The van der Waals surface area contributed by atoms with Gasteiger partial charge in [-0.2, -0.15) is 5.10 Å². The van der Waals surface area contributed by atoms with Gasteiger partial charge in [-0.05, 0) is 55.7 Å². The van der Waals surface area contributed by atoms with Crippen molar-refractivity contribution in [3.8, 4) is 0 Å². The summed E-state index contributed by atoms with van der Waals surface area (Å²) in [7, 11) is 0. The predicted octanol–water partition coefficient (Wildman–Crippen LogP) is 2.83. The Labute approximate surface area is 169 Å². The molecule has 0 unspecified atom stereocenters. The molecule has 6 heteroatoms. The number of fused-ring (bicyclic) bond motifs is 2. The van der Waals surface area contributed by atoms with Crippen molar-refractivity contribution in [2.75, 3.05) is 13.1 Å². The van der Waals surface area contributed by atoms with Crippen LogP contribution in [0, 0.1) is 5.92 Å². The molecule has 1 amide bonds. The van der Waals surface area contributed by atoms with E-state index in [1.807, 2.05) is 41.3 Å². The largest absolute Gasteiger partial charge is 0.337 e. The molecule has 1 aliphatic carbocycles. The van der Waals surface area contributed by atoms with Crippen molar-refractivity contribution in [3.63, 3.8) is 0 Å². The molecule has 2 aliphatic rings. The molecular weight excluding hydrogens is 364 g/mol. The highest BCUT2D eigenvalue weighted by Gasteiger charge is 2.25. The Balaban J connectivity index is 1.24. The molecule has 0 radical (unpaired) electrons. The van der Waals surface area contributed by atoms with Crippen molar-refractivity contribution < 1.29 is 4.79 Å². The van der Waals surface area contributed by atoms with E-state index in [2.05, 4.69) is 10.1 Å². The second-order valence-corrected chi connectivity index (χ2v) is 8.11. The summed E-state index contributed by atoms with van der Waals surface area (Å²) in [5, 5.41) is 5.63. The summed E-state index contributed by atoms with van der Waals surface area (Å²) in [5.41, 5.74) is 3.55. The number of piperidine rings is 1. The average molecular weight is 388 g/mol. The van der Waals surface area contributed by atoms with E-state index < -0.39 is 0 Å². The van der Waals surface area contributed by atoms with E-state index in [0.29, 0.717) is 31.2 Å². The van der Waals surface area contributed by atoms with Gasteiger partial charge in [-0.25, -0.2) is 9.67 Å². The number of nitrogens with zero attached hydrogens (tertiary/aromatic N) is 4. The highest BCUT2D eigenvalue weighted by Crippen LogP contribution is 2.22. The van der Waals surface area contributed by atoms with Crippen LogP contribution in [0.1, 0.15) is 41.0 Å². The van der Waals surface area contributed by atoms with Crippen molar-refractivity contribution in [2.45, 2.75) is 38.6 Å². The minimum absolute atomic E-state index is 0.00418. The maximum atomic E-state index is 12.9. The summed E-state index contributed by atoms with van der Waals surface area (Å²) in [5.74, 6) is 0.357. The summed E-state index contributed by atoms with van der Waals surface area (Å²) in [6, 6.07) is 13.4. The standard InChI is InChI=1S/C23H24N4O2/c28-22-14-18-5-3-7-20(18)25-27(22)15-16-10-12-26(13-11-16)23(29)21-9-8-17-4-1-2-6-19(17)24-21/h1-2,4,6,8-9,14,16H,3,5,7,10-13,15H2. The lowest BCUT2D eigenvalue weighted by Gasteiger charge is -2.32. The number of aryl methyl sites for hydroxylation is 2. The molecule has 2 aromatic heterocycles. The molecule has 1 saturated heterocycles. The van der Waals surface area contributed by atoms with Crippen LogP contribution >= 0.6 is 0 Å². The van der Waals surface area contributed by atoms with Crippen LogP contribution in [0.25, 0.3) is 10.9 Å². The molecule has 1 fully saturated rings. The first-order valence-corrected chi connectivity index (χ1v) is 10.4. The van der Waals surface area contributed by atoms with Gasteiger partial charge in [-0.1, -0.05) is 24.3 Å². The number of carbonyl (C=O) groups excluding carboxylic acids is 1. The third-order valence-corrected chi connectivity index (χ3v) is 6.17. The van der Waals surface area contributed by atoms with Crippen LogP contribution in [0.2, 0.25) is 0 Å². The molecular formula is C23H24N4O2. The smallest absolute Gasteiger partial charge is 0.272 e. The molecule has 1 aromatic carbocycles. The zero-order valence-corrected chi connectivity index (χ0v) is 16.4. The van der Waals surface area contributed by atoms with E-state index in [4.69, 9.17) is 0 Å². The van der Waals surface area contributed by atoms with E-state index in [0.717, 1.165) is 54.3 Å². The van der Waals surface area contributed by atoms with Crippen molar-refractivity contribution in [3.05, 3.63) is 69.8 Å². The van der Waals surface area contributed by atoms with E-state index >= 15 is 0 Å². The third kappa shape index (κ3) is 3.55. The zero-order valence-electron chi connectivity index (χ0n) is 16.4. The van der Waals surface area contributed by atoms with Gasteiger partial charge in [0.2, 0.25) is 0 Å². The number of hydrogen-bond acceptors (Lipinski definition) is 4. The first kappa shape index (κ1) is 18.0. The van der Waals surface area contributed by atoms with Crippen molar-refractivity contribution >= 4 is 16.8 Å². The summed E-state index contributed by atoms with van der Waals surface area (Å²) >= 11 is 0. The Morgan fingerprint density at radius 1 is 1.07 bits per heavy atom. The lowest BCUT2D eigenvalue weighted by atomic mass is 9.96. The van der Waals surface area contributed by atoms with Crippen LogP contribution in [0.3, 0.4) is 0 Å². The van der Waals surface area contributed by atoms with Gasteiger partial charge in [0.25, 0.3) is 11.5 Å². The molecule has 148 valence electrons. The van der Waals surface area contributed by atoms with Crippen molar-refractivity contribution in [1.82, 2.24) is 19.7 Å². The minimum Gasteiger partial charge on any atom is -0.337 e. The first-order chi connectivity index (χ1) is 14.2. The molecule has 3 aromatic rings. The van der Waals surface area contributed by atoms with Crippen molar-refractivity contribution in [1.29, 1.82) is 0 Å². The molecule has 6 nitrogen and oxygen atoms in total. The van der Waals surface area contributed by atoms with E-state index in [9.17, 15) is 9.59 Å². The summed E-state index contributed by atoms with van der Waals surface area (Å²) in [6.07, 6.45) is 4.80. The maximum absolute atomic E-state index is 12.9. The van der Waals surface area contributed by atoms with Gasteiger partial charge in [0.15, 0.2) is 0 Å². The number of para-hydroxylation sites is 1. The van der Waals surface area contributed by atoms with Crippen LogP contribution in [-0.4, -0.2) is 38.7 Å². The Hall–Kier alpha value is -3.02. The Bertz CT molecular complexity index is 1130. The Morgan fingerprint density at radius 2 is 1.90 bits per heavy atom. The molecule has 0 atom stereocenters. The molecule has 0 spiro atoms. The van der Waals surface area contributed by atoms with Gasteiger partial charge in [0, 0.05) is 31.1 Å². The number of pyridine rings is 1. The van der Waals surface area contributed by atoms with Crippen LogP contribution < -0.4 is 5.56 Å². The highest BCUT2D eigenvalue weighted by molar-refractivity contribution is 5.94. The van der Waals surface area contributed by atoms with Crippen LogP contribution in [-0.2, 0) is 19.4 Å². The number of rotatable bonds is 3. The van der Waals surface area contributed by atoms with Gasteiger partial charge in [-0.15, -0.1) is 0 Å². The van der Waals surface area contributed by atoms with Gasteiger partial charge in [0.05, 0.1) is 11.2 Å². The van der Waals surface area contributed by atoms with Crippen molar-refractivity contribution in [2.24, 2.45) is 5.92 Å². The van der Waals surface area contributed by atoms with E-state index in [1.54, 1.807) is 10.7 Å². The summed E-state index contributed by atoms with van der Waals surface area (Å²) in [4.78, 5) is 31.6. The normalized spacial score (nSPS) is 16.9. The number of aromatic nitrogens is 3. The van der Waals surface area contributed by atoms with Gasteiger partial charge in [-0.3, -0.25) is 9.59 Å². The number of amides is 1. The lowest BCUT2D eigenvalue weighted by molar-refractivity contribution is 0.0675. The number of likely N-dealkylation sites (tertiary alicyclic amines) is 1. The average Bonchev–Trinajstić information content (AvgIpc) is 3.21.